The fraction of sp³-hybridized carbons (Fsp3) is 0.455. The van der Waals surface area contributed by atoms with Crippen molar-refractivity contribution >= 4 is 26.6 Å². The molecule has 0 aromatic heterocycles. The van der Waals surface area contributed by atoms with Gasteiger partial charge in [-0.25, -0.2) is 0 Å². The minimum Gasteiger partial charge on any atom is -0.305 e. The van der Waals surface area contributed by atoms with E-state index in [1.54, 1.807) is 38.1 Å². The molecule has 0 spiro atoms. The van der Waals surface area contributed by atoms with Crippen LogP contribution in [0.25, 0.3) is 0 Å². The molecule has 0 saturated carbocycles. The molecule has 0 aliphatic heterocycles. The summed E-state index contributed by atoms with van der Waals surface area (Å²) < 4.78 is 22.8. The monoisotopic (exact) mass is 323 g/mol. The quantitative estimate of drug-likeness (QED) is 0.488. The first kappa shape index (κ1) is 16.7. The lowest BCUT2D eigenvalue weighted by Gasteiger charge is -2.20. The Morgan fingerprint density at radius 1 is 1.21 bits per heavy atom. The molecule has 0 aliphatic rings. The average molecular weight is 324 g/mol. The zero-order valence-corrected chi connectivity index (χ0v) is 13.3. The summed E-state index contributed by atoms with van der Waals surface area (Å²) in [4.78, 5) is 14.0. The minimum atomic E-state index is -3.45. The van der Waals surface area contributed by atoms with Gasteiger partial charge in [0.25, 0.3) is 0 Å². The van der Waals surface area contributed by atoms with Crippen LogP contribution in [0.3, 0.4) is 0 Å². The summed E-state index contributed by atoms with van der Waals surface area (Å²) in [6.45, 7) is 3.83. The van der Waals surface area contributed by atoms with Gasteiger partial charge in [-0.2, -0.15) is 0 Å². The van der Waals surface area contributed by atoms with Crippen molar-refractivity contribution in [1.29, 1.82) is 0 Å². The number of hydrogen-bond donors (Lipinski definition) is 0. The Balaban J connectivity index is 2.88. The van der Waals surface area contributed by atoms with Crippen LogP contribution in [0, 0.1) is 4.91 Å². The number of halogens is 1. The maximum Gasteiger partial charge on any atom is 0.375 e. The molecule has 106 valence electrons. The van der Waals surface area contributed by atoms with Crippen LogP contribution in [0.15, 0.2) is 29.2 Å². The van der Waals surface area contributed by atoms with E-state index in [1.807, 2.05) is 0 Å². The molecular weight excluding hydrogens is 308 g/mol. The lowest BCUT2D eigenvalue weighted by molar-refractivity contribution is 0.235. The third kappa shape index (κ3) is 4.94. The van der Waals surface area contributed by atoms with Crippen LogP contribution in [0.2, 0.25) is 5.02 Å². The first-order valence-electron chi connectivity index (χ1n) is 5.80. The van der Waals surface area contributed by atoms with Gasteiger partial charge in [0.05, 0.1) is 13.2 Å². The smallest absolute Gasteiger partial charge is 0.305 e. The Hall–Kier alpha value is -0.310. The summed E-state index contributed by atoms with van der Waals surface area (Å²) in [5, 5.41) is 0.602. The van der Waals surface area contributed by atoms with E-state index < -0.39 is 15.0 Å². The van der Waals surface area contributed by atoms with Gasteiger partial charge in [-0.3, -0.25) is 4.57 Å². The van der Waals surface area contributed by atoms with E-state index >= 15 is 0 Å². The third-order valence-corrected chi connectivity index (χ3v) is 8.05. The molecule has 1 rings (SSSR count). The number of nitroso groups, excluding NO2 is 1. The molecule has 0 saturated heterocycles. The predicted octanol–water partition coefficient (Wildman–Crippen LogP) is 5.18. The molecule has 8 heteroatoms. The fourth-order valence-electron chi connectivity index (χ4n) is 1.41. The van der Waals surface area contributed by atoms with Gasteiger partial charge in [0.2, 0.25) is 0 Å². The first-order valence-corrected chi connectivity index (χ1v) is 9.91. The lowest BCUT2D eigenvalue weighted by atomic mass is 10.2. The van der Waals surface area contributed by atoms with E-state index in [1.165, 1.54) is 0 Å². The van der Waals surface area contributed by atoms with Gasteiger partial charge < -0.3 is 9.05 Å². The standard InChI is InChI=1S/C11H16ClNO4P2/c1-3-16-19(15,17-4-2)18(13-14)9-10-5-7-11(12)8-6-10/h5-8H,3-4,9H2,1-2H3. The van der Waals surface area contributed by atoms with Gasteiger partial charge in [-0.15, -0.1) is 4.91 Å². The van der Waals surface area contributed by atoms with Gasteiger partial charge in [0.15, 0.2) is 7.76 Å². The maximum absolute atomic E-state index is 12.5. The molecule has 19 heavy (non-hydrogen) atoms. The summed E-state index contributed by atoms with van der Waals surface area (Å²) >= 11 is 5.79. The van der Waals surface area contributed by atoms with Crippen LogP contribution >= 0.6 is 26.6 Å². The molecule has 0 radical (unpaired) electrons. The highest BCUT2D eigenvalue weighted by molar-refractivity contribution is 8.27. The van der Waals surface area contributed by atoms with Gasteiger partial charge >= 0.3 is 7.28 Å². The largest absolute Gasteiger partial charge is 0.375 e. The van der Waals surface area contributed by atoms with E-state index in [4.69, 9.17) is 20.6 Å². The molecule has 1 atom stereocenters. The van der Waals surface area contributed by atoms with E-state index in [-0.39, 0.29) is 19.4 Å². The Bertz CT molecular complexity index is 445. The Morgan fingerprint density at radius 3 is 2.16 bits per heavy atom. The summed E-state index contributed by atoms with van der Waals surface area (Å²) in [6.07, 6.45) is 0.257. The van der Waals surface area contributed by atoms with E-state index in [9.17, 15) is 9.47 Å². The van der Waals surface area contributed by atoms with Crippen molar-refractivity contribution in [2.75, 3.05) is 13.2 Å². The number of benzene rings is 1. The summed E-state index contributed by atoms with van der Waals surface area (Å²) in [6, 6.07) is 6.96. The number of rotatable bonds is 8. The highest BCUT2D eigenvalue weighted by Gasteiger charge is 2.37. The summed E-state index contributed by atoms with van der Waals surface area (Å²) in [5.41, 5.74) is 0.828. The molecule has 0 amide bonds. The zero-order chi connectivity index (χ0) is 14.3. The van der Waals surface area contributed by atoms with Crippen LogP contribution in [-0.4, -0.2) is 13.2 Å². The lowest BCUT2D eigenvalue weighted by Crippen LogP contribution is -1.95. The summed E-state index contributed by atoms with van der Waals surface area (Å²) in [7, 11) is -5.22. The second kappa shape index (κ2) is 8.08. The van der Waals surface area contributed by atoms with Crippen molar-refractivity contribution in [2.45, 2.75) is 20.0 Å². The SMILES string of the molecule is CCOP(=O)(OCC)P(Cc1ccc(Cl)cc1)N=O. The summed E-state index contributed by atoms with van der Waals surface area (Å²) in [5.74, 6) is 0. The predicted molar refractivity (Wildman–Crippen MR) is 78.7 cm³/mol. The van der Waals surface area contributed by atoms with Crippen molar-refractivity contribution in [3.63, 3.8) is 0 Å². The Morgan fingerprint density at radius 2 is 1.74 bits per heavy atom. The second-order valence-corrected chi connectivity index (χ2v) is 9.51. The van der Waals surface area contributed by atoms with Crippen molar-refractivity contribution < 1.29 is 13.6 Å². The molecule has 1 aromatic carbocycles. The topological polar surface area (TPSA) is 65.0 Å². The van der Waals surface area contributed by atoms with Crippen molar-refractivity contribution in [3.05, 3.63) is 39.8 Å². The number of hydrogen-bond acceptors (Lipinski definition) is 5. The second-order valence-electron chi connectivity index (χ2n) is 3.54. The van der Waals surface area contributed by atoms with Crippen LogP contribution in [0.1, 0.15) is 19.4 Å². The number of nitrogens with zero attached hydrogens (tertiary/aromatic N) is 1. The Kier molecular flexibility index (Phi) is 7.12. The third-order valence-electron chi connectivity index (χ3n) is 2.20. The molecule has 0 heterocycles. The van der Waals surface area contributed by atoms with Crippen molar-refractivity contribution in [3.8, 4) is 0 Å². The maximum atomic E-state index is 12.5. The van der Waals surface area contributed by atoms with E-state index in [2.05, 4.69) is 4.95 Å². The van der Waals surface area contributed by atoms with Gasteiger partial charge in [-0.1, -0.05) is 23.7 Å². The van der Waals surface area contributed by atoms with E-state index in [0.29, 0.717) is 5.02 Å². The highest BCUT2D eigenvalue weighted by Crippen LogP contribution is 2.78. The van der Waals surface area contributed by atoms with Gasteiger partial charge in [0, 0.05) is 11.2 Å². The molecule has 1 unspecified atom stereocenters. The molecule has 0 bridgehead atoms. The molecule has 0 aliphatic carbocycles. The molecule has 0 fully saturated rings. The molecular formula is C11H16ClNO4P2. The van der Waals surface area contributed by atoms with Gasteiger partial charge in [-0.05, 0) is 36.5 Å². The minimum absolute atomic E-state index is 0.215. The fourth-order valence-corrected chi connectivity index (χ4v) is 6.16. The highest BCUT2D eigenvalue weighted by atomic mass is 35.5. The normalized spacial score (nSPS) is 13.2. The van der Waals surface area contributed by atoms with Crippen LogP contribution in [0.4, 0.5) is 0 Å². The average Bonchev–Trinajstić information content (AvgIpc) is 2.38. The molecule has 1 aromatic rings. The molecule has 5 nitrogen and oxygen atoms in total. The van der Waals surface area contributed by atoms with E-state index in [0.717, 1.165) is 5.56 Å². The van der Waals surface area contributed by atoms with Crippen LogP contribution in [0.5, 0.6) is 0 Å². The zero-order valence-electron chi connectivity index (χ0n) is 10.8. The molecule has 0 N–H and O–H groups in total. The Labute approximate surface area is 118 Å². The van der Waals surface area contributed by atoms with Crippen LogP contribution < -0.4 is 0 Å². The van der Waals surface area contributed by atoms with Crippen molar-refractivity contribution in [1.82, 2.24) is 0 Å². The van der Waals surface area contributed by atoms with Crippen molar-refractivity contribution in [2.24, 2.45) is 4.95 Å². The first-order chi connectivity index (χ1) is 9.05. The van der Waals surface area contributed by atoms with Gasteiger partial charge in [0.1, 0.15) is 0 Å². The van der Waals surface area contributed by atoms with Crippen LogP contribution in [-0.2, 0) is 19.8 Å².